The number of aliphatic carboxylic acids is 1. The fraction of sp³-hybridized carbons (Fsp3) is 0.778. The first kappa shape index (κ1) is 15.7. The van der Waals surface area contributed by atoms with Crippen LogP contribution in [0.1, 0.15) is 13.8 Å². The zero-order valence-electron chi connectivity index (χ0n) is 10.1. The van der Waals surface area contributed by atoms with Crippen molar-refractivity contribution in [3.05, 3.63) is 0 Å². The van der Waals surface area contributed by atoms with Gasteiger partial charge < -0.3 is 10.0 Å². The first-order valence-electron chi connectivity index (χ1n) is 5.13. The summed E-state index contributed by atoms with van der Waals surface area (Å²) in [6.45, 7) is 0.485. The number of carbonyl (C=O) groups is 2. The van der Waals surface area contributed by atoms with Crippen LogP contribution in [-0.4, -0.2) is 59.6 Å². The zero-order chi connectivity index (χ0) is 15.2. The lowest BCUT2D eigenvalue weighted by molar-refractivity contribution is -0.186. The molecule has 1 atom stereocenters. The van der Waals surface area contributed by atoms with Crippen molar-refractivity contribution >= 4 is 21.7 Å². The standard InChI is InChI=1S/C9H12F3NO5S/c1-8(2)4-13(7(16)9(10,11)12)3-5(6(14)15)19(8,17)18/h5H,3-4H2,1-2H3,(H,14,15). The Morgan fingerprint density at radius 1 is 1.32 bits per heavy atom. The van der Waals surface area contributed by atoms with Crippen LogP contribution in [0.5, 0.6) is 0 Å². The maximum Gasteiger partial charge on any atom is 0.471 e. The lowest BCUT2D eigenvalue weighted by Crippen LogP contribution is -2.62. The molecule has 10 heteroatoms. The normalized spacial score (nSPS) is 25.9. The van der Waals surface area contributed by atoms with Crippen LogP contribution in [0.3, 0.4) is 0 Å². The van der Waals surface area contributed by atoms with Gasteiger partial charge in [0.1, 0.15) is 0 Å². The molecule has 1 rings (SSSR count). The number of carboxylic acid groups (broad SMARTS) is 1. The van der Waals surface area contributed by atoms with Gasteiger partial charge in [0.2, 0.25) is 0 Å². The topological polar surface area (TPSA) is 91.8 Å². The fourth-order valence-corrected chi connectivity index (χ4v) is 3.59. The summed E-state index contributed by atoms with van der Waals surface area (Å²) in [4.78, 5) is 22.2. The molecule has 0 saturated carbocycles. The molecule has 1 amide bonds. The van der Waals surface area contributed by atoms with Crippen molar-refractivity contribution in [2.24, 2.45) is 0 Å². The fourth-order valence-electron chi connectivity index (χ4n) is 1.84. The number of hydrogen-bond acceptors (Lipinski definition) is 4. The molecular formula is C9H12F3NO5S. The number of hydrogen-bond donors (Lipinski definition) is 1. The first-order chi connectivity index (χ1) is 8.30. The van der Waals surface area contributed by atoms with E-state index in [9.17, 15) is 31.2 Å². The largest absolute Gasteiger partial charge is 0.480 e. The summed E-state index contributed by atoms with van der Waals surface area (Å²) in [6, 6.07) is 0. The first-order valence-corrected chi connectivity index (χ1v) is 6.67. The van der Waals surface area contributed by atoms with E-state index in [1.54, 1.807) is 0 Å². The third-order valence-corrected chi connectivity index (χ3v) is 5.68. The average Bonchev–Trinajstić information content (AvgIpc) is 2.18. The van der Waals surface area contributed by atoms with Crippen molar-refractivity contribution in [3.63, 3.8) is 0 Å². The predicted octanol–water partition coefficient (Wildman–Crippen LogP) is 0.0375. The molecule has 6 nitrogen and oxygen atoms in total. The van der Waals surface area contributed by atoms with Crippen LogP contribution >= 0.6 is 0 Å². The lowest BCUT2D eigenvalue weighted by atomic mass is 10.1. The van der Waals surface area contributed by atoms with Crippen LogP contribution in [0, 0.1) is 0 Å². The summed E-state index contributed by atoms with van der Waals surface area (Å²) in [6.07, 6.45) is -5.17. The number of sulfone groups is 1. The summed E-state index contributed by atoms with van der Waals surface area (Å²) in [5.41, 5.74) is 0. The molecule has 0 bridgehead atoms. The highest BCUT2D eigenvalue weighted by Crippen LogP contribution is 2.31. The Labute approximate surface area is 107 Å². The molecule has 1 saturated heterocycles. The van der Waals surface area contributed by atoms with Crippen LogP contribution in [0.15, 0.2) is 0 Å². The van der Waals surface area contributed by atoms with Gasteiger partial charge in [0.15, 0.2) is 15.1 Å². The van der Waals surface area contributed by atoms with E-state index in [0.717, 1.165) is 13.8 Å². The summed E-state index contributed by atoms with van der Waals surface area (Å²) in [7, 11) is -4.17. The van der Waals surface area contributed by atoms with Crippen molar-refractivity contribution in [2.45, 2.75) is 30.0 Å². The van der Waals surface area contributed by atoms with E-state index in [4.69, 9.17) is 5.11 Å². The molecule has 1 heterocycles. The average molecular weight is 303 g/mol. The summed E-state index contributed by atoms with van der Waals surface area (Å²) < 4.78 is 59.0. The highest BCUT2D eigenvalue weighted by molar-refractivity contribution is 7.94. The van der Waals surface area contributed by atoms with Gasteiger partial charge in [-0.2, -0.15) is 13.2 Å². The van der Waals surface area contributed by atoms with Crippen molar-refractivity contribution in [3.8, 4) is 0 Å². The van der Waals surface area contributed by atoms with Gasteiger partial charge >= 0.3 is 18.1 Å². The van der Waals surface area contributed by atoms with Gasteiger partial charge in [-0.05, 0) is 13.8 Å². The molecule has 110 valence electrons. The molecule has 0 radical (unpaired) electrons. The number of carbonyl (C=O) groups excluding carboxylic acids is 1. The monoisotopic (exact) mass is 303 g/mol. The molecule has 1 unspecified atom stereocenters. The van der Waals surface area contributed by atoms with Crippen LogP contribution in [0.2, 0.25) is 0 Å². The predicted molar refractivity (Wildman–Crippen MR) is 57.1 cm³/mol. The second-order valence-electron chi connectivity index (χ2n) is 4.82. The Morgan fingerprint density at radius 3 is 2.16 bits per heavy atom. The van der Waals surface area contributed by atoms with E-state index in [-0.39, 0.29) is 4.90 Å². The van der Waals surface area contributed by atoms with Gasteiger partial charge in [-0.25, -0.2) is 8.42 Å². The van der Waals surface area contributed by atoms with Crippen molar-refractivity contribution in [2.75, 3.05) is 13.1 Å². The number of carboxylic acids is 1. The molecule has 1 fully saturated rings. The van der Waals surface area contributed by atoms with E-state index in [2.05, 4.69) is 0 Å². The molecule has 0 aromatic carbocycles. The minimum atomic E-state index is -5.17. The lowest BCUT2D eigenvalue weighted by Gasteiger charge is -2.40. The zero-order valence-corrected chi connectivity index (χ0v) is 10.9. The maximum absolute atomic E-state index is 12.3. The third kappa shape index (κ3) is 2.67. The molecule has 1 N–H and O–H groups in total. The Morgan fingerprint density at radius 2 is 1.79 bits per heavy atom. The van der Waals surface area contributed by atoms with Crippen molar-refractivity contribution in [1.29, 1.82) is 0 Å². The number of amides is 1. The molecule has 0 aliphatic carbocycles. The molecule has 0 aromatic rings. The van der Waals surface area contributed by atoms with Crippen LogP contribution < -0.4 is 0 Å². The SMILES string of the molecule is CC1(C)CN(C(=O)C(F)(F)F)CC(C(=O)O)S1(=O)=O. The summed E-state index contributed by atoms with van der Waals surface area (Å²) >= 11 is 0. The summed E-state index contributed by atoms with van der Waals surface area (Å²) in [5, 5.41) is 6.76. The van der Waals surface area contributed by atoms with Gasteiger partial charge in [-0.3, -0.25) is 9.59 Å². The number of alkyl halides is 3. The molecule has 1 aliphatic heterocycles. The molecular weight excluding hydrogens is 291 g/mol. The number of halogens is 3. The minimum absolute atomic E-state index is 0.222. The third-order valence-electron chi connectivity index (χ3n) is 2.91. The van der Waals surface area contributed by atoms with Crippen molar-refractivity contribution < 1.29 is 36.3 Å². The Hall–Kier alpha value is -1.32. The van der Waals surface area contributed by atoms with Crippen LogP contribution in [-0.2, 0) is 19.4 Å². The Kier molecular flexibility index (Phi) is 3.61. The number of nitrogens with zero attached hydrogens (tertiary/aromatic N) is 1. The van der Waals surface area contributed by atoms with Crippen molar-refractivity contribution in [1.82, 2.24) is 4.90 Å². The van der Waals surface area contributed by atoms with Gasteiger partial charge in [-0.15, -0.1) is 0 Å². The Bertz CT molecular complexity index is 510. The molecule has 19 heavy (non-hydrogen) atoms. The van der Waals surface area contributed by atoms with Gasteiger partial charge in [-0.1, -0.05) is 0 Å². The highest BCUT2D eigenvalue weighted by atomic mass is 32.2. The molecule has 0 spiro atoms. The van der Waals surface area contributed by atoms with Crippen LogP contribution in [0.4, 0.5) is 13.2 Å². The van der Waals surface area contributed by atoms with Gasteiger partial charge in [0.25, 0.3) is 0 Å². The van der Waals surface area contributed by atoms with Gasteiger partial charge in [0, 0.05) is 13.1 Å². The Balaban J connectivity index is 3.19. The van der Waals surface area contributed by atoms with E-state index in [0.29, 0.717) is 0 Å². The molecule has 1 aliphatic rings. The van der Waals surface area contributed by atoms with Crippen LogP contribution in [0.25, 0.3) is 0 Å². The van der Waals surface area contributed by atoms with E-state index in [1.165, 1.54) is 0 Å². The molecule has 0 aromatic heterocycles. The summed E-state index contributed by atoms with van der Waals surface area (Å²) in [5.74, 6) is -4.01. The quantitative estimate of drug-likeness (QED) is 0.738. The van der Waals surface area contributed by atoms with Gasteiger partial charge in [0.05, 0.1) is 4.75 Å². The van der Waals surface area contributed by atoms with E-state index < -0.39 is 51.0 Å². The van der Waals surface area contributed by atoms with E-state index >= 15 is 0 Å². The smallest absolute Gasteiger partial charge is 0.471 e. The minimum Gasteiger partial charge on any atom is -0.480 e. The van der Waals surface area contributed by atoms with E-state index in [1.807, 2.05) is 0 Å². The second-order valence-corrected chi connectivity index (χ2v) is 7.58. The highest BCUT2D eigenvalue weighted by Gasteiger charge is 2.54. The second kappa shape index (κ2) is 4.36. The maximum atomic E-state index is 12.3. The number of rotatable bonds is 1.